The lowest BCUT2D eigenvalue weighted by Crippen LogP contribution is -2.09. The maximum Gasteiger partial charge on any atom is 0.0541 e. The molecule has 0 N–H and O–H groups in total. The molecule has 0 spiro atoms. The molecule has 1 heterocycles. The normalized spacial score (nSPS) is 11.2. The largest absolute Gasteiger partial charge is 0.311 e. The van der Waals surface area contributed by atoms with Gasteiger partial charge in [-0.1, -0.05) is 188 Å². The Hall–Kier alpha value is -8.20. The van der Waals surface area contributed by atoms with Crippen molar-refractivity contribution in [3.05, 3.63) is 255 Å². The second-order valence-corrected chi connectivity index (χ2v) is 15.8. The minimum absolute atomic E-state index is 1.11. The molecule has 0 aliphatic carbocycles. The fraction of sp³-hybridized carbons (Fsp3) is 0. The zero-order valence-electron chi connectivity index (χ0n) is 34.1. The Morgan fingerprint density at radius 1 is 0.242 bits per heavy atom. The van der Waals surface area contributed by atoms with Crippen molar-refractivity contribution >= 4 is 38.9 Å². The number of aromatic nitrogens is 1. The predicted octanol–water partition coefficient (Wildman–Crippen LogP) is 16.6. The Morgan fingerprint density at radius 3 is 1.03 bits per heavy atom. The summed E-state index contributed by atoms with van der Waals surface area (Å²) in [6.45, 7) is 0. The maximum atomic E-state index is 2.45. The van der Waals surface area contributed by atoms with Crippen molar-refractivity contribution in [1.29, 1.82) is 0 Å². The van der Waals surface area contributed by atoms with Crippen molar-refractivity contribution < 1.29 is 0 Å². The zero-order valence-corrected chi connectivity index (χ0v) is 34.1. The van der Waals surface area contributed by atoms with E-state index >= 15 is 0 Å². The summed E-state index contributed by atoms with van der Waals surface area (Å²) in [5.74, 6) is 0. The highest BCUT2D eigenvalue weighted by Gasteiger charge is 2.18. The first kappa shape index (κ1) is 36.8. The monoisotopic (exact) mass is 790 g/mol. The number of rotatable bonds is 9. The van der Waals surface area contributed by atoms with Crippen molar-refractivity contribution in [2.75, 3.05) is 4.90 Å². The van der Waals surface area contributed by atoms with E-state index in [2.05, 4.69) is 264 Å². The first-order valence-corrected chi connectivity index (χ1v) is 21.3. The third kappa shape index (κ3) is 6.94. The molecule has 0 amide bonds. The molecule has 0 unspecified atom stereocenters. The van der Waals surface area contributed by atoms with E-state index in [0.29, 0.717) is 0 Å². The summed E-state index contributed by atoms with van der Waals surface area (Å²) in [6.07, 6.45) is 0. The van der Waals surface area contributed by atoms with Crippen LogP contribution in [-0.2, 0) is 0 Å². The Bertz CT molecular complexity index is 3180. The van der Waals surface area contributed by atoms with Crippen LogP contribution in [0.5, 0.6) is 0 Å². The first-order valence-electron chi connectivity index (χ1n) is 21.3. The molecule has 0 aliphatic rings. The van der Waals surface area contributed by atoms with Gasteiger partial charge in [-0.15, -0.1) is 0 Å². The standard InChI is InChI=1S/C60H42N2/c1-5-15-43(16-6-1)47-29-35-53(36-30-47)61(52-21-11-4-12-22-52)54-37-31-48(32-38-54)46-25-27-49(28-26-46)55-23-13-14-24-58(55)62-59-39-33-50(44-17-7-2-8-18-44)41-56(59)57-42-51(34-40-60(57)62)45-19-9-3-10-20-45/h1-42H. The van der Waals surface area contributed by atoms with Gasteiger partial charge in [0.2, 0.25) is 0 Å². The number of para-hydroxylation sites is 2. The molecule has 0 saturated heterocycles. The summed E-state index contributed by atoms with van der Waals surface area (Å²) in [7, 11) is 0. The van der Waals surface area contributed by atoms with Crippen LogP contribution in [0, 0.1) is 0 Å². The van der Waals surface area contributed by atoms with Gasteiger partial charge in [-0.3, -0.25) is 0 Å². The average Bonchev–Trinajstić information content (AvgIpc) is 3.68. The Labute approximate surface area is 362 Å². The van der Waals surface area contributed by atoms with E-state index in [1.54, 1.807) is 0 Å². The molecule has 0 fully saturated rings. The quantitative estimate of drug-likeness (QED) is 0.141. The van der Waals surface area contributed by atoms with Crippen molar-refractivity contribution in [3.63, 3.8) is 0 Å². The van der Waals surface area contributed by atoms with Crippen LogP contribution in [0.4, 0.5) is 17.1 Å². The lowest BCUT2D eigenvalue weighted by atomic mass is 9.98. The number of hydrogen-bond acceptors (Lipinski definition) is 1. The van der Waals surface area contributed by atoms with Gasteiger partial charge in [-0.2, -0.15) is 0 Å². The van der Waals surface area contributed by atoms with Crippen LogP contribution >= 0.6 is 0 Å². The molecule has 10 aromatic carbocycles. The molecule has 11 aromatic rings. The van der Waals surface area contributed by atoms with E-state index in [0.717, 1.165) is 22.7 Å². The van der Waals surface area contributed by atoms with Crippen molar-refractivity contribution in [3.8, 4) is 61.3 Å². The molecule has 11 rings (SSSR count). The van der Waals surface area contributed by atoms with E-state index in [1.807, 2.05) is 0 Å². The lowest BCUT2D eigenvalue weighted by Gasteiger charge is -2.26. The van der Waals surface area contributed by atoms with Gasteiger partial charge in [0.05, 0.1) is 16.7 Å². The predicted molar refractivity (Wildman–Crippen MR) is 263 cm³/mol. The average molecular weight is 791 g/mol. The van der Waals surface area contributed by atoms with Gasteiger partial charge in [0.15, 0.2) is 0 Å². The Kier molecular flexibility index (Phi) is 9.57. The van der Waals surface area contributed by atoms with Crippen LogP contribution < -0.4 is 4.90 Å². The number of fused-ring (bicyclic) bond motifs is 3. The van der Waals surface area contributed by atoms with E-state index in [4.69, 9.17) is 0 Å². The highest BCUT2D eigenvalue weighted by Crippen LogP contribution is 2.41. The smallest absolute Gasteiger partial charge is 0.0541 e. The third-order valence-electron chi connectivity index (χ3n) is 12.0. The summed E-state index contributed by atoms with van der Waals surface area (Å²) in [5.41, 5.74) is 18.8. The van der Waals surface area contributed by atoms with Gasteiger partial charge < -0.3 is 9.47 Å². The molecule has 292 valence electrons. The summed E-state index contributed by atoms with van der Waals surface area (Å²) in [6, 6.07) is 91.9. The molecule has 0 saturated carbocycles. The van der Waals surface area contributed by atoms with Crippen molar-refractivity contribution in [1.82, 2.24) is 4.57 Å². The van der Waals surface area contributed by atoms with Crippen LogP contribution in [-0.4, -0.2) is 4.57 Å². The summed E-state index contributed by atoms with van der Waals surface area (Å²) in [4.78, 5) is 2.32. The summed E-state index contributed by atoms with van der Waals surface area (Å²) < 4.78 is 2.45. The molecule has 62 heavy (non-hydrogen) atoms. The van der Waals surface area contributed by atoms with Gasteiger partial charge in [-0.05, 0) is 117 Å². The number of hydrogen-bond donors (Lipinski definition) is 0. The number of nitrogens with zero attached hydrogens (tertiary/aromatic N) is 2. The van der Waals surface area contributed by atoms with Crippen LogP contribution in [0.15, 0.2) is 255 Å². The van der Waals surface area contributed by atoms with Gasteiger partial charge in [0.1, 0.15) is 0 Å². The molecule has 1 aromatic heterocycles. The fourth-order valence-corrected chi connectivity index (χ4v) is 8.92. The second kappa shape index (κ2) is 16.1. The zero-order chi connectivity index (χ0) is 41.2. The SMILES string of the molecule is c1ccc(-c2ccc(N(c3ccccc3)c3ccc(-c4ccc(-c5ccccc5-n5c6ccc(-c7ccccc7)cc6c6cc(-c7ccccc7)ccc65)cc4)cc3)cc2)cc1. The Morgan fingerprint density at radius 2 is 0.565 bits per heavy atom. The number of benzene rings is 10. The van der Waals surface area contributed by atoms with E-state index < -0.39 is 0 Å². The second-order valence-electron chi connectivity index (χ2n) is 15.8. The fourth-order valence-electron chi connectivity index (χ4n) is 8.92. The van der Waals surface area contributed by atoms with Crippen molar-refractivity contribution in [2.24, 2.45) is 0 Å². The van der Waals surface area contributed by atoms with Crippen LogP contribution in [0.1, 0.15) is 0 Å². The number of anilines is 3. The highest BCUT2D eigenvalue weighted by atomic mass is 15.1. The minimum atomic E-state index is 1.11. The molecule has 2 heteroatoms. The summed E-state index contributed by atoms with van der Waals surface area (Å²) in [5, 5.41) is 2.48. The van der Waals surface area contributed by atoms with E-state index in [-0.39, 0.29) is 0 Å². The van der Waals surface area contributed by atoms with Crippen molar-refractivity contribution in [2.45, 2.75) is 0 Å². The lowest BCUT2D eigenvalue weighted by molar-refractivity contribution is 1.18. The van der Waals surface area contributed by atoms with Gasteiger partial charge in [-0.25, -0.2) is 0 Å². The summed E-state index contributed by atoms with van der Waals surface area (Å²) >= 11 is 0. The Balaban J connectivity index is 0.943. The minimum Gasteiger partial charge on any atom is -0.311 e. The maximum absolute atomic E-state index is 2.45. The van der Waals surface area contributed by atoms with Gasteiger partial charge in [0.25, 0.3) is 0 Å². The van der Waals surface area contributed by atoms with Gasteiger partial charge >= 0.3 is 0 Å². The molecular weight excluding hydrogens is 749 g/mol. The third-order valence-corrected chi connectivity index (χ3v) is 12.0. The first-order chi connectivity index (χ1) is 30.7. The molecule has 0 bridgehead atoms. The van der Waals surface area contributed by atoms with Crippen LogP contribution in [0.3, 0.4) is 0 Å². The van der Waals surface area contributed by atoms with E-state index in [1.165, 1.54) is 77.4 Å². The molecule has 0 radical (unpaired) electrons. The van der Waals surface area contributed by atoms with Gasteiger partial charge in [0, 0.05) is 33.4 Å². The topological polar surface area (TPSA) is 8.17 Å². The van der Waals surface area contributed by atoms with Crippen LogP contribution in [0.2, 0.25) is 0 Å². The molecule has 2 nitrogen and oxygen atoms in total. The molecule has 0 atom stereocenters. The van der Waals surface area contributed by atoms with E-state index in [9.17, 15) is 0 Å². The highest BCUT2D eigenvalue weighted by molar-refractivity contribution is 6.12. The van der Waals surface area contributed by atoms with Crippen LogP contribution in [0.25, 0.3) is 83.1 Å². The molecule has 0 aliphatic heterocycles. The molecular formula is C60H42N2.